The van der Waals surface area contributed by atoms with Crippen LogP contribution >= 0.6 is 11.6 Å². The van der Waals surface area contributed by atoms with Crippen molar-refractivity contribution in [3.63, 3.8) is 0 Å². The molecule has 0 aromatic heterocycles. The zero-order valence-electron chi connectivity index (χ0n) is 17.6. The number of nitrogens with zero attached hydrogens (tertiary/aromatic N) is 1. The largest absolute Gasteiger partial charge is 0.378 e. The van der Waals surface area contributed by atoms with E-state index in [1.54, 1.807) is 36.4 Å². The fourth-order valence-electron chi connectivity index (χ4n) is 3.89. The fraction of sp³-hybridized carbons (Fsp3) is 0.348. The van der Waals surface area contributed by atoms with Gasteiger partial charge in [-0.3, -0.25) is 9.52 Å². The Morgan fingerprint density at radius 1 is 1.09 bits per heavy atom. The topological polar surface area (TPSA) is 87.7 Å². The van der Waals surface area contributed by atoms with E-state index in [-0.39, 0.29) is 16.7 Å². The van der Waals surface area contributed by atoms with E-state index in [1.165, 1.54) is 6.07 Å². The molecule has 1 heterocycles. The standard InChI is InChI=1S/C23H26ClN3O4S/c24-19-8-4-5-9-20(19)26-32(29,30)22-16-18(25-23(28)17-6-2-1-3-7-17)10-11-21(22)27-12-14-31-15-13-27/h1-2,4-5,8-11,16-17,26H,3,6-7,12-15H2,(H,25,28)/t17-/m1/s1. The quantitative estimate of drug-likeness (QED) is 0.609. The molecule has 9 heteroatoms. The van der Waals surface area contributed by atoms with Gasteiger partial charge in [0.2, 0.25) is 5.91 Å². The average molecular weight is 476 g/mol. The molecule has 1 fully saturated rings. The molecule has 32 heavy (non-hydrogen) atoms. The van der Waals surface area contributed by atoms with E-state index < -0.39 is 10.0 Å². The second-order valence-electron chi connectivity index (χ2n) is 7.84. The number of benzene rings is 2. The molecule has 0 saturated carbocycles. The highest BCUT2D eigenvalue weighted by molar-refractivity contribution is 7.93. The molecular weight excluding hydrogens is 450 g/mol. The van der Waals surface area contributed by atoms with Gasteiger partial charge in [-0.15, -0.1) is 0 Å². The van der Waals surface area contributed by atoms with Gasteiger partial charge in [0, 0.05) is 24.7 Å². The van der Waals surface area contributed by atoms with Gasteiger partial charge in [-0.1, -0.05) is 35.9 Å². The van der Waals surface area contributed by atoms with Gasteiger partial charge in [-0.05, 0) is 49.6 Å². The molecule has 0 spiro atoms. The van der Waals surface area contributed by atoms with Crippen molar-refractivity contribution in [3.05, 3.63) is 59.6 Å². The number of carbonyl (C=O) groups excluding carboxylic acids is 1. The highest BCUT2D eigenvalue weighted by atomic mass is 35.5. The van der Waals surface area contributed by atoms with Crippen molar-refractivity contribution in [1.29, 1.82) is 0 Å². The Labute approximate surface area is 193 Å². The van der Waals surface area contributed by atoms with E-state index in [4.69, 9.17) is 16.3 Å². The maximum Gasteiger partial charge on any atom is 0.264 e. The molecule has 2 aromatic rings. The van der Waals surface area contributed by atoms with Crippen LogP contribution in [0.25, 0.3) is 0 Å². The number of rotatable bonds is 6. The Morgan fingerprint density at radius 3 is 2.59 bits per heavy atom. The van der Waals surface area contributed by atoms with Crippen molar-refractivity contribution < 1.29 is 17.9 Å². The smallest absolute Gasteiger partial charge is 0.264 e. The van der Waals surface area contributed by atoms with Crippen LogP contribution in [0.5, 0.6) is 0 Å². The zero-order valence-corrected chi connectivity index (χ0v) is 19.2. The minimum atomic E-state index is -3.98. The van der Waals surface area contributed by atoms with Gasteiger partial charge in [0.1, 0.15) is 4.90 Å². The van der Waals surface area contributed by atoms with Gasteiger partial charge < -0.3 is 15.0 Å². The molecule has 1 aliphatic heterocycles. The molecule has 0 radical (unpaired) electrons. The average Bonchev–Trinajstić information content (AvgIpc) is 2.81. The maximum absolute atomic E-state index is 13.4. The number of allylic oxidation sites excluding steroid dienone is 2. The number of halogens is 1. The van der Waals surface area contributed by atoms with Crippen LogP contribution in [0.15, 0.2) is 59.5 Å². The Hall–Kier alpha value is -2.55. The van der Waals surface area contributed by atoms with Crippen molar-refractivity contribution in [1.82, 2.24) is 0 Å². The van der Waals surface area contributed by atoms with Crippen molar-refractivity contribution >= 4 is 44.6 Å². The number of para-hydroxylation sites is 1. The Kier molecular flexibility index (Phi) is 7.03. The fourth-order valence-corrected chi connectivity index (χ4v) is 5.46. The van der Waals surface area contributed by atoms with Crippen LogP contribution in [0, 0.1) is 5.92 Å². The molecule has 7 nitrogen and oxygen atoms in total. The van der Waals surface area contributed by atoms with E-state index in [0.717, 1.165) is 12.8 Å². The SMILES string of the molecule is O=C(Nc1ccc(N2CCOCC2)c(S(=O)(=O)Nc2ccccc2Cl)c1)[C@@H]1CC=CCC1. The summed E-state index contributed by atoms with van der Waals surface area (Å²) in [7, 11) is -3.98. The summed E-state index contributed by atoms with van der Waals surface area (Å²) < 4.78 is 34.8. The molecule has 1 atom stereocenters. The molecule has 170 valence electrons. The third kappa shape index (κ3) is 5.26. The van der Waals surface area contributed by atoms with Crippen molar-refractivity contribution in [2.45, 2.75) is 24.2 Å². The number of hydrogen-bond donors (Lipinski definition) is 2. The van der Waals surface area contributed by atoms with Crippen LogP contribution < -0.4 is 14.9 Å². The summed E-state index contributed by atoms with van der Waals surface area (Å²) in [6, 6.07) is 11.7. The van der Waals surface area contributed by atoms with Gasteiger partial charge in [-0.2, -0.15) is 0 Å². The summed E-state index contributed by atoms with van der Waals surface area (Å²) in [6.45, 7) is 2.19. The summed E-state index contributed by atoms with van der Waals surface area (Å²) in [5.41, 5.74) is 1.30. The number of sulfonamides is 1. The van der Waals surface area contributed by atoms with Gasteiger partial charge in [-0.25, -0.2) is 8.42 Å². The molecule has 4 rings (SSSR count). The second-order valence-corrected chi connectivity index (χ2v) is 9.90. The summed E-state index contributed by atoms with van der Waals surface area (Å²) in [4.78, 5) is 14.8. The Bertz CT molecular complexity index is 1110. The van der Waals surface area contributed by atoms with Gasteiger partial charge >= 0.3 is 0 Å². The molecule has 1 amide bonds. The summed E-state index contributed by atoms with van der Waals surface area (Å²) >= 11 is 6.18. The summed E-state index contributed by atoms with van der Waals surface area (Å²) in [5.74, 6) is -0.212. The monoisotopic (exact) mass is 475 g/mol. The van der Waals surface area contributed by atoms with Crippen LogP contribution in [-0.2, 0) is 19.6 Å². The summed E-state index contributed by atoms with van der Waals surface area (Å²) in [5, 5.41) is 3.20. The molecule has 2 aromatic carbocycles. The molecule has 0 unspecified atom stereocenters. The minimum Gasteiger partial charge on any atom is -0.378 e. The van der Waals surface area contributed by atoms with Crippen LogP contribution in [0.4, 0.5) is 17.1 Å². The predicted molar refractivity (Wildman–Crippen MR) is 127 cm³/mol. The molecular formula is C23H26ClN3O4S. The van der Waals surface area contributed by atoms with Gasteiger partial charge in [0.05, 0.1) is 29.6 Å². The highest BCUT2D eigenvalue weighted by Crippen LogP contribution is 2.32. The first-order valence-electron chi connectivity index (χ1n) is 10.6. The third-order valence-electron chi connectivity index (χ3n) is 5.63. The lowest BCUT2D eigenvalue weighted by atomic mass is 9.93. The van der Waals surface area contributed by atoms with E-state index in [9.17, 15) is 13.2 Å². The predicted octanol–water partition coefficient (Wildman–Crippen LogP) is 4.27. The van der Waals surface area contributed by atoms with Gasteiger partial charge in [0.15, 0.2) is 0 Å². The summed E-state index contributed by atoms with van der Waals surface area (Å²) in [6.07, 6.45) is 6.43. The first-order valence-corrected chi connectivity index (χ1v) is 12.5. The van der Waals surface area contributed by atoms with Crippen LogP contribution in [0.3, 0.4) is 0 Å². The van der Waals surface area contributed by atoms with E-state index >= 15 is 0 Å². The first-order chi connectivity index (χ1) is 15.4. The Morgan fingerprint density at radius 2 is 1.88 bits per heavy atom. The van der Waals surface area contributed by atoms with Crippen LogP contribution in [0.1, 0.15) is 19.3 Å². The maximum atomic E-state index is 13.4. The number of ether oxygens (including phenoxy) is 1. The van der Waals surface area contributed by atoms with E-state index in [2.05, 4.69) is 16.1 Å². The first kappa shape index (κ1) is 22.6. The normalized spacial score (nSPS) is 18.9. The second kappa shape index (κ2) is 9.94. The van der Waals surface area contributed by atoms with E-state index in [1.807, 2.05) is 11.0 Å². The number of anilines is 3. The lowest BCUT2D eigenvalue weighted by molar-refractivity contribution is -0.120. The van der Waals surface area contributed by atoms with Crippen molar-refractivity contribution in [3.8, 4) is 0 Å². The number of morpholine rings is 1. The molecule has 2 aliphatic rings. The lowest BCUT2D eigenvalue weighted by Gasteiger charge is -2.30. The van der Waals surface area contributed by atoms with E-state index in [0.29, 0.717) is 54.8 Å². The Balaban J connectivity index is 1.66. The van der Waals surface area contributed by atoms with Gasteiger partial charge in [0.25, 0.3) is 10.0 Å². The third-order valence-corrected chi connectivity index (χ3v) is 7.35. The number of hydrogen-bond acceptors (Lipinski definition) is 5. The van der Waals surface area contributed by atoms with Crippen LogP contribution in [-0.4, -0.2) is 40.6 Å². The van der Waals surface area contributed by atoms with Crippen molar-refractivity contribution in [2.24, 2.45) is 5.92 Å². The molecule has 1 saturated heterocycles. The number of amides is 1. The minimum absolute atomic E-state index is 0.0839. The number of carbonyl (C=O) groups is 1. The highest BCUT2D eigenvalue weighted by Gasteiger charge is 2.26. The van der Waals surface area contributed by atoms with Crippen molar-refractivity contribution in [2.75, 3.05) is 41.2 Å². The molecule has 0 bridgehead atoms. The molecule has 2 N–H and O–H groups in total. The zero-order chi connectivity index (χ0) is 22.6. The lowest BCUT2D eigenvalue weighted by Crippen LogP contribution is -2.37. The molecule has 1 aliphatic carbocycles. The number of nitrogens with one attached hydrogen (secondary N) is 2. The van der Waals surface area contributed by atoms with Crippen LogP contribution in [0.2, 0.25) is 5.02 Å².